The molecule has 2 fully saturated rings. The monoisotopic (exact) mass is 293 g/mol. The van der Waals surface area contributed by atoms with Crippen LogP contribution in [-0.4, -0.2) is 23.4 Å². The highest BCUT2D eigenvalue weighted by molar-refractivity contribution is 5.35. The molecule has 0 saturated heterocycles. The maximum Gasteiger partial charge on any atom is 0.165 e. The van der Waals surface area contributed by atoms with Crippen LogP contribution in [-0.2, 0) is 6.54 Å². The maximum atomic E-state index is 14.0. The number of nitrogens with one attached hydrogen (secondary N) is 1. The van der Waals surface area contributed by atoms with Gasteiger partial charge in [0.2, 0.25) is 0 Å². The Bertz CT molecular complexity index is 482. The van der Waals surface area contributed by atoms with Crippen molar-refractivity contribution >= 4 is 0 Å². The van der Waals surface area contributed by atoms with Crippen molar-refractivity contribution in [2.45, 2.75) is 63.1 Å². The van der Waals surface area contributed by atoms with E-state index in [4.69, 9.17) is 4.74 Å². The Balaban J connectivity index is 1.64. The summed E-state index contributed by atoms with van der Waals surface area (Å²) >= 11 is 0. The van der Waals surface area contributed by atoms with Gasteiger partial charge in [0, 0.05) is 18.2 Å². The second-order valence-corrected chi connectivity index (χ2v) is 6.46. The molecule has 0 radical (unpaired) electrons. The van der Waals surface area contributed by atoms with Crippen LogP contribution in [0.25, 0.3) is 0 Å². The Kier molecular flexibility index (Phi) is 4.45. The first kappa shape index (κ1) is 14.8. The standard InChI is InChI=1S/C17H24FNO2/c18-15-6-4-5-13(11-19-14-7-8-14)16(15)21-12-17(20)9-2-1-3-10-17/h4-6,14,19-20H,1-3,7-12H2. The van der Waals surface area contributed by atoms with E-state index < -0.39 is 5.60 Å². The van der Waals surface area contributed by atoms with Gasteiger partial charge in [0.1, 0.15) is 6.61 Å². The van der Waals surface area contributed by atoms with Crippen molar-refractivity contribution in [1.82, 2.24) is 5.32 Å². The third-order valence-corrected chi connectivity index (χ3v) is 4.48. The Labute approximate surface area is 125 Å². The van der Waals surface area contributed by atoms with Crippen LogP contribution in [0.5, 0.6) is 5.75 Å². The van der Waals surface area contributed by atoms with E-state index in [1.807, 2.05) is 6.07 Å². The Hall–Kier alpha value is -1.13. The van der Waals surface area contributed by atoms with E-state index in [2.05, 4.69) is 5.32 Å². The van der Waals surface area contributed by atoms with Gasteiger partial charge in [-0.15, -0.1) is 0 Å². The highest BCUT2D eigenvalue weighted by Gasteiger charge is 2.30. The molecule has 2 aliphatic rings. The van der Waals surface area contributed by atoms with Crippen molar-refractivity contribution < 1.29 is 14.2 Å². The van der Waals surface area contributed by atoms with Gasteiger partial charge in [-0.1, -0.05) is 31.4 Å². The zero-order valence-corrected chi connectivity index (χ0v) is 12.4. The molecule has 0 unspecified atom stereocenters. The van der Waals surface area contributed by atoms with E-state index in [9.17, 15) is 9.50 Å². The number of halogens is 1. The zero-order valence-electron chi connectivity index (χ0n) is 12.4. The number of hydrogen-bond acceptors (Lipinski definition) is 3. The van der Waals surface area contributed by atoms with Crippen molar-refractivity contribution in [3.05, 3.63) is 29.6 Å². The highest BCUT2D eigenvalue weighted by Crippen LogP contribution is 2.31. The molecule has 21 heavy (non-hydrogen) atoms. The largest absolute Gasteiger partial charge is 0.487 e. The number of aliphatic hydroxyl groups is 1. The minimum absolute atomic E-state index is 0.185. The minimum Gasteiger partial charge on any atom is -0.487 e. The van der Waals surface area contributed by atoms with Crippen molar-refractivity contribution in [3.8, 4) is 5.75 Å². The molecular formula is C17H24FNO2. The number of ether oxygens (including phenoxy) is 1. The molecule has 1 aromatic rings. The first-order chi connectivity index (χ1) is 10.2. The smallest absolute Gasteiger partial charge is 0.165 e. The van der Waals surface area contributed by atoms with Crippen molar-refractivity contribution in [1.29, 1.82) is 0 Å². The molecule has 0 aliphatic heterocycles. The van der Waals surface area contributed by atoms with Gasteiger partial charge in [-0.2, -0.15) is 0 Å². The van der Waals surface area contributed by atoms with E-state index in [0.717, 1.165) is 31.2 Å². The fourth-order valence-corrected chi connectivity index (χ4v) is 2.96. The molecule has 0 aromatic heterocycles. The lowest BCUT2D eigenvalue weighted by molar-refractivity contribution is -0.0349. The number of hydrogen-bond donors (Lipinski definition) is 2. The van der Waals surface area contributed by atoms with Gasteiger partial charge in [0.05, 0.1) is 5.60 Å². The lowest BCUT2D eigenvalue weighted by atomic mass is 9.85. The van der Waals surface area contributed by atoms with Gasteiger partial charge < -0.3 is 15.2 Å². The summed E-state index contributed by atoms with van der Waals surface area (Å²) in [6, 6.07) is 5.59. The zero-order chi connectivity index (χ0) is 14.7. The molecule has 0 bridgehead atoms. The summed E-state index contributed by atoms with van der Waals surface area (Å²) in [6.07, 6.45) is 7.10. The van der Waals surface area contributed by atoms with Crippen LogP contribution in [0, 0.1) is 5.82 Å². The number of benzene rings is 1. The molecule has 0 heterocycles. The van der Waals surface area contributed by atoms with Crippen LogP contribution in [0.4, 0.5) is 4.39 Å². The van der Waals surface area contributed by atoms with Gasteiger partial charge in [-0.25, -0.2) is 4.39 Å². The highest BCUT2D eigenvalue weighted by atomic mass is 19.1. The van der Waals surface area contributed by atoms with Crippen LogP contribution < -0.4 is 10.1 Å². The summed E-state index contributed by atoms with van der Waals surface area (Å²) < 4.78 is 19.7. The van der Waals surface area contributed by atoms with Crippen LogP contribution in [0.15, 0.2) is 18.2 Å². The first-order valence-electron chi connectivity index (χ1n) is 8.02. The van der Waals surface area contributed by atoms with E-state index in [1.165, 1.54) is 25.3 Å². The van der Waals surface area contributed by atoms with Gasteiger partial charge in [0.25, 0.3) is 0 Å². The first-order valence-corrected chi connectivity index (χ1v) is 8.02. The summed E-state index contributed by atoms with van der Waals surface area (Å²) in [5, 5.41) is 13.9. The van der Waals surface area contributed by atoms with Crippen LogP contribution in [0.2, 0.25) is 0 Å². The number of para-hydroxylation sites is 1. The van der Waals surface area contributed by atoms with Crippen LogP contribution in [0.1, 0.15) is 50.5 Å². The molecule has 2 saturated carbocycles. The van der Waals surface area contributed by atoms with Crippen LogP contribution >= 0.6 is 0 Å². The van der Waals surface area contributed by atoms with E-state index >= 15 is 0 Å². The third-order valence-electron chi connectivity index (χ3n) is 4.48. The maximum absolute atomic E-state index is 14.0. The fourth-order valence-electron chi connectivity index (χ4n) is 2.96. The van der Waals surface area contributed by atoms with Gasteiger partial charge >= 0.3 is 0 Å². The number of rotatable bonds is 6. The van der Waals surface area contributed by atoms with Gasteiger partial charge in [-0.3, -0.25) is 0 Å². The summed E-state index contributed by atoms with van der Waals surface area (Å²) in [4.78, 5) is 0. The molecule has 1 aromatic carbocycles. The molecule has 2 N–H and O–H groups in total. The van der Waals surface area contributed by atoms with E-state index in [-0.39, 0.29) is 12.4 Å². The molecule has 0 spiro atoms. The Morgan fingerprint density at radius 1 is 1.24 bits per heavy atom. The van der Waals surface area contributed by atoms with Crippen LogP contribution in [0.3, 0.4) is 0 Å². The average molecular weight is 293 g/mol. The third kappa shape index (κ3) is 3.95. The van der Waals surface area contributed by atoms with Crippen molar-refractivity contribution in [2.24, 2.45) is 0 Å². The molecule has 0 amide bonds. The summed E-state index contributed by atoms with van der Waals surface area (Å²) in [5.41, 5.74) is 0.0446. The molecule has 3 rings (SSSR count). The van der Waals surface area contributed by atoms with Crippen molar-refractivity contribution in [3.63, 3.8) is 0 Å². The predicted octanol–water partition coefficient (Wildman–Crippen LogP) is 3.15. The molecule has 3 nitrogen and oxygen atoms in total. The molecule has 0 atom stereocenters. The average Bonchev–Trinajstić information content (AvgIpc) is 3.29. The predicted molar refractivity (Wildman–Crippen MR) is 79.8 cm³/mol. The topological polar surface area (TPSA) is 41.5 Å². The molecular weight excluding hydrogens is 269 g/mol. The summed E-state index contributed by atoms with van der Waals surface area (Å²) in [7, 11) is 0. The SMILES string of the molecule is OC1(COc2c(F)cccc2CNC2CC2)CCCCC1. The Morgan fingerprint density at radius 2 is 2.00 bits per heavy atom. The second-order valence-electron chi connectivity index (χ2n) is 6.46. The summed E-state index contributed by atoms with van der Waals surface area (Å²) in [5.74, 6) is -0.0471. The second kappa shape index (κ2) is 6.32. The molecule has 4 heteroatoms. The van der Waals surface area contributed by atoms with Gasteiger partial charge in [0.15, 0.2) is 11.6 Å². The van der Waals surface area contributed by atoms with Crippen molar-refractivity contribution in [2.75, 3.05) is 6.61 Å². The quantitative estimate of drug-likeness (QED) is 0.846. The minimum atomic E-state index is -0.790. The Morgan fingerprint density at radius 3 is 2.71 bits per heavy atom. The van der Waals surface area contributed by atoms with Gasteiger partial charge in [-0.05, 0) is 31.7 Å². The molecule has 116 valence electrons. The molecule has 2 aliphatic carbocycles. The summed E-state index contributed by atoms with van der Waals surface area (Å²) in [6.45, 7) is 0.806. The lowest BCUT2D eigenvalue weighted by Crippen LogP contribution is -2.38. The normalized spacial score (nSPS) is 21.2. The fraction of sp³-hybridized carbons (Fsp3) is 0.647. The lowest BCUT2D eigenvalue weighted by Gasteiger charge is -2.32. The van der Waals surface area contributed by atoms with E-state index in [1.54, 1.807) is 6.07 Å². The van der Waals surface area contributed by atoms with E-state index in [0.29, 0.717) is 18.3 Å².